The van der Waals surface area contributed by atoms with Crippen LogP contribution in [0.25, 0.3) is 0 Å². The third-order valence-corrected chi connectivity index (χ3v) is 4.21. The molecular formula is C18H36N4O4. The fraction of sp³-hybridized carbons (Fsp3) is 0.889. The zero-order valence-electron chi connectivity index (χ0n) is 17.0. The lowest BCUT2D eigenvalue weighted by molar-refractivity contribution is 0.0421. The normalized spacial score (nSPS) is 22.0. The predicted octanol–water partition coefficient (Wildman–Crippen LogP) is 2.87. The van der Waals surface area contributed by atoms with Crippen molar-refractivity contribution in [2.45, 2.75) is 104 Å². The topological polar surface area (TPSA) is 106 Å². The fourth-order valence-electron chi connectivity index (χ4n) is 3.02. The standard InChI is InChI=1S/C18H36N4O4/c1-7-15(21-16(23)25-12(2)3)22(19)14-10-8-13(9-11-14)20-17(24)26-18(4,5)6/h12-15H,7-11,19H2,1-6H3,(H,20,24)(H,21,23)/t13-,14-,15?. The molecule has 0 radical (unpaired) electrons. The second-order valence-corrected chi connectivity index (χ2v) is 8.12. The quantitative estimate of drug-likeness (QED) is 0.376. The van der Waals surface area contributed by atoms with Crippen LogP contribution in [0, 0.1) is 0 Å². The number of hydrogen-bond acceptors (Lipinski definition) is 6. The van der Waals surface area contributed by atoms with Crippen molar-refractivity contribution in [3.8, 4) is 0 Å². The maximum absolute atomic E-state index is 11.9. The van der Waals surface area contributed by atoms with Gasteiger partial charge in [-0.15, -0.1) is 0 Å². The van der Waals surface area contributed by atoms with Crippen molar-refractivity contribution in [1.82, 2.24) is 15.6 Å². The highest BCUT2D eigenvalue weighted by Crippen LogP contribution is 2.23. The smallest absolute Gasteiger partial charge is 0.408 e. The monoisotopic (exact) mass is 372 g/mol. The maximum atomic E-state index is 11.9. The minimum Gasteiger partial charge on any atom is -0.447 e. The molecule has 1 atom stereocenters. The first kappa shape index (κ1) is 22.5. The third-order valence-electron chi connectivity index (χ3n) is 4.21. The number of nitrogens with one attached hydrogen (secondary N) is 2. The van der Waals surface area contributed by atoms with Gasteiger partial charge in [-0.05, 0) is 66.7 Å². The minimum absolute atomic E-state index is 0.0911. The van der Waals surface area contributed by atoms with Crippen LogP contribution in [0.15, 0.2) is 0 Å². The molecular weight excluding hydrogens is 336 g/mol. The molecule has 1 aliphatic carbocycles. The zero-order valence-corrected chi connectivity index (χ0v) is 17.0. The van der Waals surface area contributed by atoms with Crippen LogP contribution in [-0.2, 0) is 9.47 Å². The Bertz CT molecular complexity index is 457. The summed E-state index contributed by atoms with van der Waals surface area (Å²) in [5.41, 5.74) is -0.500. The number of rotatable bonds is 6. The van der Waals surface area contributed by atoms with E-state index in [4.69, 9.17) is 15.3 Å². The summed E-state index contributed by atoms with van der Waals surface area (Å²) >= 11 is 0. The summed E-state index contributed by atoms with van der Waals surface area (Å²) in [6.07, 6.45) is 2.73. The first-order valence-corrected chi connectivity index (χ1v) is 9.51. The van der Waals surface area contributed by atoms with Gasteiger partial charge in [0.05, 0.1) is 12.3 Å². The molecule has 4 N–H and O–H groups in total. The number of alkyl carbamates (subject to hydrolysis) is 2. The number of hydrazine groups is 1. The van der Waals surface area contributed by atoms with Gasteiger partial charge >= 0.3 is 12.2 Å². The van der Waals surface area contributed by atoms with Crippen LogP contribution >= 0.6 is 0 Å². The van der Waals surface area contributed by atoms with Gasteiger partial charge < -0.3 is 20.1 Å². The van der Waals surface area contributed by atoms with Crippen molar-refractivity contribution in [2.24, 2.45) is 5.84 Å². The lowest BCUT2D eigenvalue weighted by Crippen LogP contribution is -2.57. The number of amides is 2. The Morgan fingerprint density at radius 1 is 1.15 bits per heavy atom. The summed E-state index contributed by atoms with van der Waals surface area (Å²) in [5, 5.41) is 7.45. The average Bonchev–Trinajstić information content (AvgIpc) is 2.50. The van der Waals surface area contributed by atoms with Crippen molar-refractivity contribution in [1.29, 1.82) is 0 Å². The van der Waals surface area contributed by atoms with Gasteiger partial charge in [0.25, 0.3) is 0 Å². The van der Waals surface area contributed by atoms with Gasteiger partial charge in [-0.3, -0.25) is 5.84 Å². The summed E-state index contributed by atoms with van der Waals surface area (Å²) < 4.78 is 10.4. The average molecular weight is 373 g/mol. The van der Waals surface area contributed by atoms with Crippen LogP contribution < -0.4 is 16.5 Å². The Morgan fingerprint density at radius 3 is 2.19 bits per heavy atom. The molecule has 1 unspecified atom stereocenters. The van der Waals surface area contributed by atoms with Gasteiger partial charge in [0.15, 0.2) is 0 Å². The Labute approximate surface area is 157 Å². The zero-order chi connectivity index (χ0) is 19.9. The number of ether oxygens (including phenoxy) is 2. The van der Waals surface area contributed by atoms with E-state index in [1.165, 1.54) is 0 Å². The molecule has 0 saturated heterocycles. The predicted molar refractivity (Wildman–Crippen MR) is 100 cm³/mol. The first-order chi connectivity index (χ1) is 12.0. The summed E-state index contributed by atoms with van der Waals surface area (Å²) in [7, 11) is 0. The molecule has 0 aromatic carbocycles. The van der Waals surface area contributed by atoms with Crippen LogP contribution in [0.2, 0.25) is 0 Å². The van der Waals surface area contributed by atoms with Gasteiger partial charge in [-0.2, -0.15) is 0 Å². The second kappa shape index (κ2) is 9.97. The molecule has 0 aliphatic heterocycles. The van der Waals surface area contributed by atoms with E-state index in [1.807, 2.05) is 27.7 Å². The van der Waals surface area contributed by atoms with E-state index in [2.05, 4.69) is 10.6 Å². The summed E-state index contributed by atoms with van der Waals surface area (Å²) in [4.78, 5) is 23.7. The molecule has 2 amide bonds. The molecule has 0 heterocycles. The molecule has 1 rings (SSSR count). The van der Waals surface area contributed by atoms with Crippen LogP contribution in [0.4, 0.5) is 9.59 Å². The van der Waals surface area contributed by atoms with E-state index in [1.54, 1.807) is 18.9 Å². The van der Waals surface area contributed by atoms with Gasteiger partial charge in [0.1, 0.15) is 5.60 Å². The van der Waals surface area contributed by atoms with Gasteiger partial charge in [-0.25, -0.2) is 14.6 Å². The van der Waals surface area contributed by atoms with E-state index in [0.29, 0.717) is 6.42 Å². The minimum atomic E-state index is -0.500. The SMILES string of the molecule is CCC(NC(=O)OC(C)C)N(N)[C@H]1CC[C@H](NC(=O)OC(C)(C)C)CC1. The van der Waals surface area contributed by atoms with Crippen LogP contribution in [0.5, 0.6) is 0 Å². The Balaban J connectivity index is 2.45. The van der Waals surface area contributed by atoms with Crippen molar-refractivity contribution >= 4 is 12.2 Å². The number of hydrogen-bond donors (Lipinski definition) is 3. The van der Waals surface area contributed by atoms with Crippen molar-refractivity contribution in [2.75, 3.05) is 0 Å². The summed E-state index contributed by atoms with van der Waals surface area (Å²) in [5.74, 6) is 6.26. The molecule has 1 fully saturated rings. The highest BCUT2D eigenvalue weighted by atomic mass is 16.6. The number of carbonyl (C=O) groups excluding carboxylic acids is 2. The lowest BCUT2D eigenvalue weighted by Gasteiger charge is -2.38. The van der Waals surface area contributed by atoms with E-state index in [9.17, 15) is 9.59 Å². The van der Waals surface area contributed by atoms with Gasteiger partial charge in [0, 0.05) is 12.1 Å². The van der Waals surface area contributed by atoms with E-state index >= 15 is 0 Å². The molecule has 0 bridgehead atoms. The molecule has 8 nitrogen and oxygen atoms in total. The Hall–Kier alpha value is -1.54. The number of carbonyl (C=O) groups is 2. The van der Waals surface area contributed by atoms with Crippen LogP contribution in [-0.4, -0.2) is 47.1 Å². The molecule has 26 heavy (non-hydrogen) atoms. The van der Waals surface area contributed by atoms with E-state index in [-0.39, 0.29) is 30.4 Å². The maximum Gasteiger partial charge on any atom is 0.408 e. The summed E-state index contributed by atoms with van der Waals surface area (Å²) in [6.45, 7) is 11.1. The summed E-state index contributed by atoms with van der Waals surface area (Å²) in [6, 6.07) is 0.240. The molecule has 1 aliphatic rings. The first-order valence-electron chi connectivity index (χ1n) is 9.51. The van der Waals surface area contributed by atoms with Gasteiger partial charge in [-0.1, -0.05) is 6.92 Å². The van der Waals surface area contributed by atoms with Crippen LogP contribution in [0.1, 0.15) is 73.6 Å². The fourth-order valence-corrected chi connectivity index (χ4v) is 3.02. The van der Waals surface area contributed by atoms with Crippen LogP contribution in [0.3, 0.4) is 0 Å². The third kappa shape index (κ3) is 8.23. The molecule has 152 valence electrons. The molecule has 0 aromatic rings. The largest absolute Gasteiger partial charge is 0.447 e. The lowest BCUT2D eigenvalue weighted by atomic mass is 9.90. The van der Waals surface area contributed by atoms with Crippen molar-refractivity contribution in [3.63, 3.8) is 0 Å². The highest BCUT2D eigenvalue weighted by Gasteiger charge is 2.30. The molecule has 0 spiro atoms. The Kier molecular flexibility index (Phi) is 8.62. The molecule has 0 aromatic heterocycles. The number of nitrogens with two attached hydrogens (primary N) is 1. The highest BCUT2D eigenvalue weighted by molar-refractivity contribution is 5.68. The van der Waals surface area contributed by atoms with Crippen molar-refractivity contribution < 1.29 is 19.1 Å². The van der Waals surface area contributed by atoms with E-state index < -0.39 is 11.7 Å². The number of nitrogens with zero attached hydrogens (tertiary/aromatic N) is 1. The Morgan fingerprint density at radius 2 is 1.73 bits per heavy atom. The second-order valence-electron chi connectivity index (χ2n) is 8.12. The van der Waals surface area contributed by atoms with Crippen molar-refractivity contribution in [3.05, 3.63) is 0 Å². The van der Waals surface area contributed by atoms with Gasteiger partial charge in [0.2, 0.25) is 0 Å². The molecule has 1 saturated carbocycles. The molecule has 8 heteroatoms. The van der Waals surface area contributed by atoms with E-state index in [0.717, 1.165) is 25.7 Å².